The Hall–Kier alpha value is -0.810. The molecule has 3 N–H and O–H groups in total. The van der Waals surface area contributed by atoms with Crippen LogP contribution in [-0.2, 0) is 4.79 Å². The van der Waals surface area contributed by atoms with E-state index < -0.39 is 12.0 Å². The molecule has 1 rings (SSSR count). The molecule has 0 aliphatic carbocycles. The Labute approximate surface area is 96.6 Å². The van der Waals surface area contributed by atoms with E-state index in [1.807, 2.05) is 13.8 Å². The number of carboxylic acids is 1. The minimum absolute atomic E-state index is 0.127. The Morgan fingerprint density at radius 1 is 1.67 bits per heavy atom. The smallest absolute Gasteiger partial charge is 0.305 e. The van der Waals surface area contributed by atoms with E-state index in [-0.39, 0.29) is 12.3 Å². The van der Waals surface area contributed by atoms with Crippen LogP contribution in [0.1, 0.15) is 43.7 Å². The van der Waals surface area contributed by atoms with Crippen LogP contribution in [0.25, 0.3) is 0 Å². The first-order valence-corrected chi connectivity index (χ1v) is 5.47. The average Bonchev–Trinajstić information content (AvgIpc) is 2.46. The average molecular weight is 276 g/mol. The van der Waals surface area contributed by atoms with Crippen LogP contribution in [0.3, 0.4) is 0 Å². The van der Waals surface area contributed by atoms with Crippen molar-refractivity contribution in [3.63, 3.8) is 0 Å². The van der Waals surface area contributed by atoms with Crippen LogP contribution in [0, 0.1) is 0 Å². The highest BCUT2D eigenvalue weighted by molar-refractivity contribution is 9.10. The predicted molar refractivity (Wildman–Crippen MR) is 59.7 cm³/mol. The van der Waals surface area contributed by atoms with Crippen molar-refractivity contribution in [2.24, 2.45) is 5.73 Å². The van der Waals surface area contributed by atoms with Crippen molar-refractivity contribution in [3.8, 4) is 0 Å². The molecular formula is C10H14BrNO3. The zero-order valence-electron chi connectivity index (χ0n) is 8.66. The van der Waals surface area contributed by atoms with Crippen LogP contribution in [0.2, 0.25) is 0 Å². The molecule has 1 aromatic heterocycles. The third-order valence-corrected chi connectivity index (χ3v) is 2.64. The van der Waals surface area contributed by atoms with Gasteiger partial charge in [0.25, 0.3) is 0 Å². The second-order valence-corrected chi connectivity index (χ2v) is 4.57. The number of aliphatic carboxylic acids is 1. The molecular weight excluding hydrogens is 262 g/mol. The Morgan fingerprint density at radius 2 is 2.27 bits per heavy atom. The zero-order valence-corrected chi connectivity index (χ0v) is 10.2. The normalized spacial score (nSPS) is 13.1. The maximum Gasteiger partial charge on any atom is 0.305 e. The second kappa shape index (κ2) is 4.81. The second-order valence-electron chi connectivity index (χ2n) is 3.72. The van der Waals surface area contributed by atoms with E-state index in [4.69, 9.17) is 15.3 Å². The summed E-state index contributed by atoms with van der Waals surface area (Å²) < 4.78 is 6.34. The summed E-state index contributed by atoms with van der Waals surface area (Å²) in [5.74, 6) is 0.616. The van der Waals surface area contributed by atoms with Gasteiger partial charge in [-0.3, -0.25) is 4.79 Å². The Kier molecular flexibility index (Phi) is 3.93. The van der Waals surface area contributed by atoms with Gasteiger partial charge in [-0.1, -0.05) is 13.8 Å². The summed E-state index contributed by atoms with van der Waals surface area (Å²) in [6, 6.07) is 1.15. The highest BCUT2D eigenvalue weighted by Gasteiger charge is 2.18. The van der Waals surface area contributed by atoms with Gasteiger partial charge in [0.05, 0.1) is 16.9 Å². The van der Waals surface area contributed by atoms with Gasteiger partial charge < -0.3 is 15.3 Å². The summed E-state index contributed by atoms with van der Waals surface area (Å²) in [5.41, 5.74) is 5.68. The van der Waals surface area contributed by atoms with Crippen molar-refractivity contribution < 1.29 is 14.3 Å². The Morgan fingerprint density at radius 3 is 2.67 bits per heavy atom. The molecule has 0 fully saturated rings. The fourth-order valence-corrected chi connectivity index (χ4v) is 2.03. The summed E-state index contributed by atoms with van der Waals surface area (Å²) in [4.78, 5) is 10.5. The van der Waals surface area contributed by atoms with Gasteiger partial charge in [0.1, 0.15) is 11.5 Å². The summed E-state index contributed by atoms with van der Waals surface area (Å²) in [7, 11) is 0. The van der Waals surface area contributed by atoms with E-state index in [1.165, 1.54) is 0 Å². The van der Waals surface area contributed by atoms with Crippen LogP contribution in [-0.4, -0.2) is 11.1 Å². The van der Waals surface area contributed by atoms with Crippen molar-refractivity contribution in [3.05, 3.63) is 22.1 Å². The largest absolute Gasteiger partial charge is 0.481 e. The number of nitrogens with two attached hydrogens (primary N) is 1. The third kappa shape index (κ3) is 3.07. The summed E-state index contributed by atoms with van der Waals surface area (Å²) in [6.07, 6.45) is -0.127. The van der Waals surface area contributed by atoms with Gasteiger partial charge in [-0.25, -0.2) is 0 Å². The summed E-state index contributed by atoms with van der Waals surface area (Å²) in [6.45, 7) is 3.99. The molecule has 0 saturated carbocycles. The number of rotatable bonds is 4. The topological polar surface area (TPSA) is 76.5 Å². The molecule has 0 amide bonds. The van der Waals surface area contributed by atoms with Gasteiger partial charge in [-0.15, -0.1) is 0 Å². The molecule has 0 radical (unpaired) electrons. The van der Waals surface area contributed by atoms with Gasteiger partial charge in [0.2, 0.25) is 0 Å². The molecule has 4 nitrogen and oxygen atoms in total. The van der Waals surface area contributed by atoms with E-state index in [1.54, 1.807) is 6.07 Å². The highest BCUT2D eigenvalue weighted by atomic mass is 79.9. The van der Waals surface area contributed by atoms with E-state index in [0.717, 1.165) is 10.2 Å². The molecule has 1 atom stereocenters. The van der Waals surface area contributed by atoms with Gasteiger partial charge in [-0.05, 0) is 22.0 Å². The molecule has 5 heteroatoms. The molecule has 1 unspecified atom stereocenters. The van der Waals surface area contributed by atoms with E-state index in [9.17, 15) is 4.79 Å². The van der Waals surface area contributed by atoms with Crippen LogP contribution >= 0.6 is 15.9 Å². The molecule has 1 aromatic rings. The summed E-state index contributed by atoms with van der Waals surface area (Å²) in [5, 5.41) is 8.60. The predicted octanol–water partition coefficient (Wildman–Crippen LogP) is 2.64. The Bertz CT molecular complexity index is 360. The molecule has 15 heavy (non-hydrogen) atoms. The first kappa shape index (κ1) is 12.3. The zero-order chi connectivity index (χ0) is 11.6. The van der Waals surface area contributed by atoms with E-state index >= 15 is 0 Å². The van der Waals surface area contributed by atoms with Crippen molar-refractivity contribution in [1.29, 1.82) is 0 Å². The molecule has 0 saturated heterocycles. The van der Waals surface area contributed by atoms with E-state index in [0.29, 0.717) is 5.76 Å². The molecule has 0 aliphatic heterocycles. The lowest BCUT2D eigenvalue weighted by Gasteiger charge is -2.05. The molecule has 1 heterocycles. The lowest BCUT2D eigenvalue weighted by Crippen LogP contribution is -2.14. The lowest BCUT2D eigenvalue weighted by atomic mass is 10.1. The number of hydrogen-bond donors (Lipinski definition) is 2. The molecule has 0 spiro atoms. The minimum atomic E-state index is -0.930. The maximum absolute atomic E-state index is 10.5. The monoisotopic (exact) mass is 275 g/mol. The quantitative estimate of drug-likeness (QED) is 0.886. The van der Waals surface area contributed by atoms with Crippen molar-refractivity contribution in [2.75, 3.05) is 0 Å². The number of halogens is 1. The van der Waals surface area contributed by atoms with Crippen molar-refractivity contribution in [2.45, 2.75) is 32.2 Å². The van der Waals surface area contributed by atoms with Gasteiger partial charge in [0.15, 0.2) is 0 Å². The van der Waals surface area contributed by atoms with Gasteiger partial charge in [-0.2, -0.15) is 0 Å². The fraction of sp³-hybridized carbons (Fsp3) is 0.500. The number of furan rings is 1. The van der Waals surface area contributed by atoms with E-state index in [2.05, 4.69) is 15.9 Å². The van der Waals surface area contributed by atoms with Crippen molar-refractivity contribution in [1.82, 2.24) is 0 Å². The highest BCUT2D eigenvalue weighted by Crippen LogP contribution is 2.31. The van der Waals surface area contributed by atoms with Crippen LogP contribution in [0.5, 0.6) is 0 Å². The third-order valence-electron chi connectivity index (χ3n) is 2.02. The molecule has 0 aliphatic rings. The summed E-state index contributed by atoms with van der Waals surface area (Å²) >= 11 is 3.36. The minimum Gasteiger partial charge on any atom is -0.481 e. The van der Waals surface area contributed by atoms with Crippen molar-refractivity contribution >= 4 is 21.9 Å². The molecule has 84 valence electrons. The molecule has 0 bridgehead atoms. The van der Waals surface area contributed by atoms with Crippen LogP contribution in [0.15, 0.2) is 15.0 Å². The van der Waals surface area contributed by atoms with Gasteiger partial charge >= 0.3 is 5.97 Å². The van der Waals surface area contributed by atoms with Crippen LogP contribution in [0.4, 0.5) is 0 Å². The van der Waals surface area contributed by atoms with Gasteiger partial charge in [0, 0.05) is 5.92 Å². The Balaban J connectivity index is 2.87. The number of carbonyl (C=O) groups is 1. The fourth-order valence-electron chi connectivity index (χ4n) is 1.27. The standard InChI is InChI=1S/C10H14BrNO3/c1-5(2)10-6(11)3-8(15-10)7(12)4-9(13)14/h3,5,7H,4,12H2,1-2H3,(H,13,14). The SMILES string of the molecule is CC(C)c1oc(C(N)CC(=O)O)cc1Br. The number of carboxylic acid groups (broad SMARTS) is 1. The maximum atomic E-state index is 10.5. The van der Waals surface area contributed by atoms with Crippen LogP contribution < -0.4 is 5.73 Å². The number of hydrogen-bond acceptors (Lipinski definition) is 3. The first-order valence-electron chi connectivity index (χ1n) is 4.68. The lowest BCUT2D eigenvalue weighted by molar-refractivity contribution is -0.137. The molecule has 0 aromatic carbocycles. The first-order chi connectivity index (χ1) is 6.91.